The van der Waals surface area contributed by atoms with Crippen LogP contribution in [0.2, 0.25) is 0 Å². The topological polar surface area (TPSA) is 262 Å². The van der Waals surface area contributed by atoms with Gasteiger partial charge in [0.25, 0.3) is 5.91 Å². The van der Waals surface area contributed by atoms with Crippen LogP contribution in [0.3, 0.4) is 0 Å². The molecule has 3 aliphatic carbocycles. The molecule has 10 atom stereocenters. The van der Waals surface area contributed by atoms with Crippen LogP contribution in [-0.4, -0.2) is 103 Å². The molecule has 2 bridgehead atoms. The quantitative estimate of drug-likeness (QED) is 0.0472. The Labute approximate surface area is 372 Å². The molecule has 2 aromatic rings. The number of rotatable bonds is 22. The van der Waals surface area contributed by atoms with E-state index >= 15 is 0 Å². The number of carbonyl (C=O) groups is 5. The molecule has 5 amide bonds. The number of hydrogen-bond donors (Lipinski definition) is 9. The van der Waals surface area contributed by atoms with Crippen molar-refractivity contribution in [3.8, 4) is 11.1 Å². The summed E-state index contributed by atoms with van der Waals surface area (Å²) in [4.78, 5) is 67.8. The van der Waals surface area contributed by atoms with Gasteiger partial charge in [-0.25, -0.2) is 0 Å². The molecular formula is C46H71BN8O8. The van der Waals surface area contributed by atoms with E-state index in [1.807, 2.05) is 19.1 Å². The zero-order valence-corrected chi connectivity index (χ0v) is 38.1. The molecule has 6 rings (SSSR count). The third kappa shape index (κ3) is 11.6. The second-order valence-electron chi connectivity index (χ2n) is 18.6. The van der Waals surface area contributed by atoms with Crippen LogP contribution in [-0.2, 0) is 34.9 Å². The number of nitrogens with one attached hydrogen (secondary N) is 5. The number of aliphatic hydroxyl groups is 1. The van der Waals surface area contributed by atoms with Crippen LogP contribution >= 0.6 is 0 Å². The minimum absolute atomic E-state index is 0.0111. The lowest BCUT2D eigenvalue weighted by molar-refractivity contribution is -0.199. The van der Waals surface area contributed by atoms with E-state index in [-0.39, 0.29) is 42.2 Å². The van der Waals surface area contributed by atoms with Gasteiger partial charge in [-0.15, -0.1) is 0 Å². The van der Waals surface area contributed by atoms with Crippen LogP contribution in [0.5, 0.6) is 0 Å². The van der Waals surface area contributed by atoms with E-state index in [0.717, 1.165) is 43.2 Å². The van der Waals surface area contributed by atoms with Crippen LogP contribution in [0, 0.1) is 17.3 Å². The Kier molecular flexibility index (Phi) is 16.8. The fraction of sp³-hybridized carbons (Fsp3) is 0.630. The van der Waals surface area contributed by atoms with Crippen molar-refractivity contribution >= 4 is 42.3 Å². The first kappa shape index (κ1) is 49.5. The molecule has 1 heterocycles. The van der Waals surface area contributed by atoms with Crippen LogP contribution in [0.15, 0.2) is 42.5 Å². The molecule has 346 valence electrons. The summed E-state index contributed by atoms with van der Waals surface area (Å²) in [5.41, 5.74) is 20.9. The van der Waals surface area contributed by atoms with E-state index in [9.17, 15) is 29.1 Å². The molecule has 1 aliphatic heterocycles. The number of aryl methyl sites for hydroxylation is 1. The maximum absolute atomic E-state index is 13.7. The third-order valence-electron chi connectivity index (χ3n) is 13.6. The predicted molar refractivity (Wildman–Crippen MR) is 244 cm³/mol. The molecule has 0 spiro atoms. The molecular weight excluding hydrogens is 803 g/mol. The highest BCUT2D eigenvalue weighted by Gasteiger charge is 2.68. The zero-order chi connectivity index (χ0) is 46.2. The molecule has 16 nitrogen and oxygen atoms in total. The summed E-state index contributed by atoms with van der Waals surface area (Å²) in [5, 5.41) is 24.1. The van der Waals surface area contributed by atoms with Crippen molar-refractivity contribution in [2.45, 2.75) is 154 Å². The fourth-order valence-corrected chi connectivity index (χ4v) is 9.46. The van der Waals surface area contributed by atoms with Crippen LogP contribution in [0.4, 0.5) is 5.69 Å². The second-order valence-corrected chi connectivity index (χ2v) is 18.6. The summed E-state index contributed by atoms with van der Waals surface area (Å²) < 4.78 is 12.9. The van der Waals surface area contributed by atoms with Crippen LogP contribution < -0.4 is 43.8 Å². The van der Waals surface area contributed by atoms with Gasteiger partial charge in [0.05, 0.1) is 29.3 Å². The molecule has 4 fully saturated rings. The summed E-state index contributed by atoms with van der Waals surface area (Å²) in [6.45, 7) is 13.8. The monoisotopic (exact) mass is 875 g/mol. The van der Waals surface area contributed by atoms with E-state index < -0.39 is 78.5 Å². The first-order valence-electron chi connectivity index (χ1n) is 22.8. The lowest BCUT2D eigenvalue weighted by Gasteiger charge is -2.64. The Bertz CT molecular complexity index is 1930. The number of nitrogens with two attached hydrogens (primary N) is 3. The van der Waals surface area contributed by atoms with Gasteiger partial charge in [0.15, 0.2) is 0 Å². The molecule has 0 aromatic heterocycles. The van der Waals surface area contributed by atoms with E-state index in [2.05, 4.69) is 66.4 Å². The number of hydrogen-bond acceptors (Lipinski definition) is 11. The van der Waals surface area contributed by atoms with Crippen LogP contribution in [0.1, 0.15) is 116 Å². The molecule has 63 heavy (non-hydrogen) atoms. The van der Waals surface area contributed by atoms with Crippen molar-refractivity contribution in [1.29, 1.82) is 0 Å². The van der Waals surface area contributed by atoms with Crippen molar-refractivity contribution in [3.05, 3.63) is 53.6 Å². The predicted octanol–water partition coefficient (Wildman–Crippen LogP) is 2.48. The molecule has 2 aromatic carbocycles. The standard InChI is InChI=1S/C46H71BN8O8/c1-8-9-12-29-14-16-30(17-15-29)31-18-19-33(34(50)23-31)41(58)54-36(20-22-49)43(60)55-39(27(3)56)44(61)51-26(2)40(57)53-35(13-10-11-21-48)42(59)52-28(4)47-62-38-25-32-24-37(45(32,5)6)46(38,7)63-47/h14-19,23,26-28,32,35-39,56H,8-13,20-22,24-25,48-50H2,1-7H3,(H,51,61)(H,52,59)(H,53,57)(H,54,58)(H,55,60)/t26-,27+,28-,32-,35-,36-,37-,38?,39-,46-/m0/s1. The van der Waals surface area contributed by atoms with Gasteiger partial charge in [-0.1, -0.05) is 57.5 Å². The zero-order valence-electron chi connectivity index (χ0n) is 38.1. The smallest absolute Gasteiger partial charge is 0.404 e. The number of unbranched alkanes of at least 4 members (excludes halogenated alkanes) is 2. The Morgan fingerprint density at radius 3 is 2.08 bits per heavy atom. The Morgan fingerprint density at radius 1 is 0.794 bits per heavy atom. The Balaban J connectivity index is 1.16. The normalized spacial score (nSPS) is 23.7. The van der Waals surface area contributed by atoms with E-state index in [0.29, 0.717) is 31.2 Å². The molecule has 1 unspecified atom stereocenters. The van der Waals surface area contributed by atoms with Gasteiger partial charge in [0.1, 0.15) is 24.2 Å². The molecule has 0 radical (unpaired) electrons. The lowest BCUT2D eigenvalue weighted by atomic mass is 9.43. The summed E-state index contributed by atoms with van der Waals surface area (Å²) in [6.07, 6.45) is 5.25. The van der Waals surface area contributed by atoms with Gasteiger partial charge in [-0.2, -0.15) is 0 Å². The minimum atomic E-state index is -1.51. The van der Waals surface area contributed by atoms with Gasteiger partial charge in [0, 0.05) is 5.69 Å². The summed E-state index contributed by atoms with van der Waals surface area (Å²) in [5.74, 6) is -2.94. The summed E-state index contributed by atoms with van der Waals surface area (Å²) >= 11 is 0. The average Bonchev–Trinajstić information content (AvgIpc) is 3.61. The van der Waals surface area contributed by atoms with Crippen LogP contribution in [0.25, 0.3) is 11.1 Å². The summed E-state index contributed by atoms with van der Waals surface area (Å²) in [7, 11) is -0.656. The van der Waals surface area contributed by atoms with E-state index in [4.69, 9.17) is 26.5 Å². The van der Waals surface area contributed by atoms with Crippen molar-refractivity contribution in [2.24, 2.45) is 28.7 Å². The van der Waals surface area contributed by atoms with E-state index in [1.54, 1.807) is 18.2 Å². The molecule has 17 heteroatoms. The number of carbonyl (C=O) groups excluding carboxylic acids is 5. The largest absolute Gasteiger partial charge is 0.481 e. The molecule has 1 saturated heterocycles. The van der Waals surface area contributed by atoms with Crippen molar-refractivity contribution in [2.75, 3.05) is 18.8 Å². The van der Waals surface area contributed by atoms with Crippen molar-refractivity contribution in [1.82, 2.24) is 26.6 Å². The van der Waals surface area contributed by atoms with Gasteiger partial charge in [-0.3, -0.25) is 24.0 Å². The SMILES string of the molecule is CCCCc1ccc(-c2ccc(C(=O)N[C@@H](CCN)C(=O)N[C@H](C(=O)N[C@@H](C)C(=O)N[C@@H](CCCCN)C(=O)N[C@@H](C)B3OC4C[C@@H]5C[C@@H](C5(C)C)[C@]4(C)O3)[C@@H](C)O)c(N)c2)cc1. The average molecular weight is 875 g/mol. The Hall–Kier alpha value is -4.55. The fourth-order valence-electron chi connectivity index (χ4n) is 9.46. The van der Waals surface area contributed by atoms with Gasteiger partial charge < -0.3 is 58.2 Å². The van der Waals surface area contributed by atoms with Gasteiger partial charge in [0.2, 0.25) is 23.6 Å². The molecule has 3 saturated carbocycles. The molecule has 12 N–H and O–H groups in total. The summed E-state index contributed by atoms with van der Waals surface area (Å²) in [6, 6.07) is 8.39. The highest BCUT2D eigenvalue weighted by atomic mass is 16.7. The molecule has 4 aliphatic rings. The number of anilines is 1. The number of aliphatic hydroxyl groups excluding tert-OH is 1. The van der Waals surface area contributed by atoms with Crippen molar-refractivity contribution in [3.63, 3.8) is 0 Å². The third-order valence-corrected chi connectivity index (χ3v) is 13.6. The number of amides is 5. The second kappa shape index (κ2) is 21.4. The highest BCUT2D eigenvalue weighted by molar-refractivity contribution is 6.47. The van der Waals surface area contributed by atoms with Gasteiger partial charge in [-0.05, 0) is 138 Å². The first-order valence-corrected chi connectivity index (χ1v) is 22.8. The Morgan fingerprint density at radius 2 is 1.46 bits per heavy atom. The number of nitrogen functional groups attached to an aromatic ring is 1. The van der Waals surface area contributed by atoms with Crippen molar-refractivity contribution < 1.29 is 38.4 Å². The number of benzene rings is 2. The maximum Gasteiger partial charge on any atom is 0.481 e. The minimum Gasteiger partial charge on any atom is -0.404 e. The van der Waals surface area contributed by atoms with Gasteiger partial charge >= 0.3 is 7.12 Å². The van der Waals surface area contributed by atoms with E-state index in [1.165, 1.54) is 19.4 Å². The highest BCUT2D eigenvalue weighted by Crippen LogP contribution is 2.65. The lowest BCUT2D eigenvalue weighted by Crippen LogP contribution is -2.65. The maximum atomic E-state index is 13.7. The first-order chi connectivity index (χ1) is 29.8.